The third-order valence-electron chi connectivity index (χ3n) is 4.19. The number of fused-ring (bicyclic) bond motifs is 1. The van der Waals surface area contributed by atoms with Crippen LogP contribution < -0.4 is 0 Å². The van der Waals surface area contributed by atoms with E-state index < -0.39 is 5.97 Å². The average molecular weight is 316 g/mol. The number of hydrogen-bond donors (Lipinski definition) is 1. The molecule has 3 nitrogen and oxygen atoms in total. The maximum Gasteiger partial charge on any atom is 0.304 e. The van der Waals surface area contributed by atoms with Crippen LogP contribution in [0.25, 0.3) is 0 Å². The lowest BCUT2D eigenvalue weighted by atomic mass is 9.90. The predicted octanol–water partition coefficient (Wildman–Crippen LogP) is 3.91. The van der Waals surface area contributed by atoms with E-state index in [1.165, 1.54) is 16.7 Å². The maximum atomic E-state index is 10.9. The third kappa shape index (κ3) is 3.32. The van der Waals surface area contributed by atoms with Crippen LogP contribution in [0.1, 0.15) is 29.2 Å². The van der Waals surface area contributed by atoms with Crippen molar-refractivity contribution >= 4 is 17.6 Å². The molecule has 0 bridgehead atoms. The van der Waals surface area contributed by atoms with Crippen LogP contribution in [0.4, 0.5) is 0 Å². The largest absolute Gasteiger partial charge is 0.481 e. The van der Waals surface area contributed by atoms with Crippen molar-refractivity contribution in [3.63, 3.8) is 0 Å². The van der Waals surface area contributed by atoms with Crippen molar-refractivity contribution < 1.29 is 9.90 Å². The van der Waals surface area contributed by atoms with Gasteiger partial charge < -0.3 is 5.11 Å². The molecule has 0 fully saturated rings. The van der Waals surface area contributed by atoms with Crippen molar-refractivity contribution in [1.82, 2.24) is 4.90 Å². The fourth-order valence-electron chi connectivity index (χ4n) is 3.09. The van der Waals surface area contributed by atoms with Gasteiger partial charge in [0.1, 0.15) is 0 Å². The van der Waals surface area contributed by atoms with Gasteiger partial charge in [0.15, 0.2) is 0 Å². The molecular weight excluding hydrogens is 298 g/mol. The Morgan fingerprint density at radius 2 is 1.95 bits per heavy atom. The molecule has 0 aliphatic carbocycles. The van der Waals surface area contributed by atoms with Crippen molar-refractivity contribution in [2.45, 2.75) is 25.4 Å². The third-order valence-corrected chi connectivity index (χ3v) is 4.43. The molecule has 0 saturated carbocycles. The molecule has 1 heterocycles. The van der Waals surface area contributed by atoms with Gasteiger partial charge in [0.25, 0.3) is 0 Å². The summed E-state index contributed by atoms with van der Waals surface area (Å²) in [4.78, 5) is 13.2. The summed E-state index contributed by atoms with van der Waals surface area (Å²) in [5.41, 5.74) is 3.73. The first-order valence-electron chi connectivity index (χ1n) is 7.41. The summed E-state index contributed by atoms with van der Waals surface area (Å²) in [6.45, 7) is 1.28. The Bertz CT molecular complexity index is 672. The molecule has 1 N–H and O–H groups in total. The summed E-state index contributed by atoms with van der Waals surface area (Å²) in [6.07, 6.45) is 1.04. The van der Waals surface area contributed by atoms with Crippen molar-refractivity contribution in [1.29, 1.82) is 0 Å². The number of nitrogens with zero attached hydrogens (tertiary/aromatic N) is 1. The summed E-state index contributed by atoms with van der Waals surface area (Å²) >= 11 is 6.09. The molecule has 3 rings (SSSR count). The molecule has 1 unspecified atom stereocenters. The van der Waals surface area contributed by atoms with Gasteiger partial charge in [-0.3, -0.25) is 9.69 Å². The van der Waals surface area contributed by atoms with E-state index in [2.05, 4.69) is 23.1 Å². The van der Waals surface area contributed by atoms with Crippen LogP contribution in [0.3, 0.4) is 0 Å². The Morgan fingerprint density at radius 1 is 1.18 bits per heavy atom. The second-order valence-electron chi connectivity index (χ2n) is 5.66. The predicted molar refractivity (Wildman–Crippen MR) is 87.0 cm³/mol. The van der Waals surface area contributed by atoms with E-state index >= 15 is 0 Å². The number of benzene rings is 2. The van der Waals surface area contributed by atoms with E-state index in [0.29, 0.717) is 6.54 Å². The van der Waals surface area contributed by atoms with E-state index in [9.17, 15) is 4.79 Å². The Kier molecular flexibility index (Phi) is 4.46. The highest BCUT2D eigenvalue weighted by Gasteiger charge is 2.27. The van der Waals surface area contributed by atoms with Gasteiger partial charge >= 0.3 is 5.97 Å². The van der Waals surface area contributed by atoms with Gasteiger partial charge in [0.2, 0.25) is 0 Å². The standard InChI is InChI=1S/C18H18ClNO2/c19-16-7-6-14-11-17(13-4-2-1-3-5-13)20(9-8-18(21)22)12-15(14)10-16/h1-7,10,17H,8-9,11-12H2,(H,21,22). The molecule has 4 heteroatoms. The van der Waals surface area contributed by atoms with Gasteiger partial charge in [-0.15, -0.1) is 0 Å². The van der Waals surface area contributed by atoms with Crippen molar-refractivity contribution in [3.8, 4) is 0 Å². The SMILES string of the molecule is O=C(O)CCN1Cc2cc(Cl)ccc2CC1c1ccccc1. The molecule has 1 aliphatic heterocycles. The number of hydrogen-bond acceptors (Lipinski definition) is 2. The van der Waals surface area contributed by atoms with Gasteiger partial charge in [-0.2, -0.15) is 0 Å². The molecule has 1 aliphatic rings. The van der Waals surface area contributed by atoms with Crippen LogP contribution in [0, 0.1) is 0 Å². The van der Waals surface area contributed by atoms with Gasteiger partial charge in [-0.25, -0.2) is 0 Å². The molecule has 1 atom stereocenters. The Hall–Kier alpha value is -1.84. The first-order chi connectivity index (χ1) is 10.6. The van der Waals surface area contributed by atoms with Crippen LogP contribution in [0.5, 0.6) is 0 Å². The van der Waals surface area contributed by atoms with Crippen LogP contribution in [0.15, 0.2) is 48.5 Å². The molecule has 0 amide bonds. The van der Waals surface area contributed by atoms with Crippen LogP contribution >= 0.6 is 11.6 Å². The van der Waals surface area contributed by atoms with E-state index in [4.69, 9.17) is 16.7 Å². The summed E-state index contributed by atoms with van der Waals surface area (Å²) in [5.74, 6) is -0.760. The highest BCUT2D eigenvalue weighted by Crippen LogP contribution is 2.34. The molecule has 0 radical (unpaired) electrons. The lowest BCUT2D eigenvalue weighted by molar-refractivity contribution is -0.137. The van der Waals surface area contributed by atoms with Crippen molar-refractivity contribution in [3.05, 3.63) is 70.2 Å². The number of halogens is 1. The topological polar surface area (TPSA) is 40.5 Å². The molecule has 0 saturated heterocycles. The van der Waals surface area contributed by atoms with Gasteiger partial charge in [-0.05, 0) is 35.2 Å². The lowest BCUT2D eigenvalue weighted by Gasteiger charge is -2.37. The number of carbonyl (C=O) groups is 1. The zero-order chi connectivity index (χ0) is 15.5. The zero-order valence-electron chi connectivity index (χ0n) is 12.2. The summed E-state index contributed by atoms with van der Waals surface area (Å²) in [7, 11) is 0. The first-order valence-corrected chi connectivity index (χ1v) is 7.79. The summed E-state index contributed by atoms with van der Waals surface area (Å²) in [6, 6.07) is 16.5. The minimum atomic E-state index is -0.760. The molecule has 0 spiro atoms. The van der Waals surface area contributed by atoms with Crippen LogP contribution in [-0.2, 0) is 17.8 Å². The second kappa shape index (κ2) is 6.51. The zero-order valence-corrected chi connectivity index (χ0v) is 13.0. The van der Waals surface area contributed by atoms with Crippen molar-refractivity contribution in [2.24, 2.45) is 0 Å². The number of carboxylic acids is 1. The Labute approximate surface area is 135 Å². The van der Waals surface area contributed by atoms with Crippen LogP contribution in [-0.4, -0.2) is 22.5 Å². The van der Waals surface area contributed by atoms with Crippen molar-refractivity contribution in [2.75, 3.05) is 6.54 Å². The monoisotopic (exact) mass is 315 g/mol. The van der Waals surface area contributed by atoms with Gasteiger partial charge in [0, 0.05) is 24.2 Å². The molecular formula is C18H18ClNO2. The fourth-order valence-corrected chi connectivity index (χ4v) is 3.28. The minimum absolute atomic E-state index is 0.152. The fraction of sp³-hybridized carbons (Fsp3) is 0.278. The smallest absolute Gasteiger partial charge is 0.304 e. The average Bonchev–Trinajstić information content (AvgIpc) is 2.52. The van der Waals surface area contributed by atoms with E-state index in [0.717, 1.165) is 18.0 Å². The number of aliphatic carboxylic acids is 1. The minimum Gasteiger partial charge on any atom is -0.481 e. The van der Waals surface area contributed by atoms with Gasteiger partial charge in [-0.1, -0.05) is 48.0 Å². The maximum absolute atomic E-state index is 10.9. The molecule has 2 aromatic carbocycles. The Balaban J connectivity index is 1.91. The van der Waals surface area contributed by atoms with E-state index in [1.807, 2.05) is 30.3 Å². The highest BCUT2D eigenvalue weighted by atomic mass is 35.5. The first kappa shape index (κ1) is 15.1. The Morgan fingerprint density at radius 3 is 2.68 bits per heavy atom. The number of rotatable bonds is 4. The lowest BCUT2D eigenvalue weighted by Crippen LogP contribution is -2.35. The summed E-state index contributed by atoms with van der Waals surface area (Å²) in [5, 5.41) is 9.72. The normalized spacial score (nSPS) is 18.0. The van der Waals surface area contributed by atoms with E-state index in [-0.39, 0.29) is 12.5 Å². The molecule has 22 heavy (non-hydrogen) atoms. The highest BCUT2D eigenvalue weighted by molar-refractivity contribution is 6.30. The molecule has 2 aromatic rings. The number of carboxylic acid groups (broad SMARTS) is 1. The van der Waals surface area contributed by atoms with Gasteiger partial charge in [0.05, 0.1) is 6.42 Å². The summed E-state index contributed by atoms with van der Waals surface area (Å²) < 4.78 is 0. The second-order valence-corrected chi connectivity index (χ2v) is 6.09. The van der Waals surface area contributed by atoms with E-state index in [1.54, 1.807) is 0 Å². The molecule has 114 valence electrons. The quantitative estimate of drug-likeness (QED) is 0.930. The molecule has 0 aromatic heterocycles. The van der Waals surface area contributed by atoms with Crippen LogP contribution in [0.2, 0.25) is 5.02 Å².